The summed E-state index contributed by atoms with van der Waals surface area (Å²) in [6, 6.07) is 14.3. The van der Waals surface area contributed by atoms with Gasteiger partial charge in [0.05, 0.1) is 22.4 Å². The Labute approximate surface area is 225 Å². The predicted molar refractivity (Wildman–Crippen MR) is 144 cm³/mol. The Morgan fingerprint density at radius 3 is 2.55 bits per heavy atom. The van der Waals surface area contributed by atoms with Crippen LogP contribution in [0.25, 0.3) is 16.4 Å². The quantitative estimate of drug-likeness (QED) is 0.292. The topological polar surface area (TPSA) is 137 Å². The first-order valence-corrected chi connectivity index (χ1v) is 14.7. The van der Waals surface area contributed by atoms with E-state index in [0.717, 1.165) is 53.1 Å². The van der Waals surface area contributed by atoms with Gasteiger partial charge in [0.25, 0.3) is 0 Å². The fraction of sp³-hybridized carbons (Fsp3) is 0.296. The van der Waals surface area contributed by atoms with E-state index >= 15 is 0 Å². The molecule has 198 valence electrons. The van der Waals surface area contributed by atoms with Crippen molar-refractivity contribution < 1.29 is 23.1 Å². The van der Waals surface area contributed by atoms with Crippen LogP contribution >= 0.6 is 11.3 Å². The first-order valence-electron chi connectivity index (χ1n) is 12.3. The van der Waals surface area contributed by atoms with E-state index in [1.54, 1.807) is 16.8 Å². The highest BCUT2D eigenvalue weighted by Crippen LogP contribution is 2.38. The summed E-state index contributed by atoms with van der Waals surface area (Å²) in [6.07, 6.45) is 3.53. The van der Waals surface area contributed by atoms with Gasteiger partial charge >= 0.3 is 5.97 Å². The Balaban J connectivity index is 1.65. The number of carbonyl (C=O) groups is 1. The number of hydrogen-bond donors (Lipinski definition) is 2. The lowest BCUT2D eigenvalue weighted by atomic mass is 9.97. The highest BCUT2D eigenvalue weighted by molar-refractivity contribution is 7.89. The molecular formula is C27H28N4O5S2. The number of sulfonamides is 1. The van der Waals surface area contributed by atoms with Crippen LogP contribution in [0.4, 0.5) is 0 Å². The fourth-order valence-electron chi connectivity index (χ4n) is 4.32. The maximum absolute atomic E-state index is 11.7. The number of nitrogens with zero attached hydrogens (tertiary/aromatic N) is 3. The van der Waals surface area contributed by atoms with Gasteiger partial charge in [-0.3, -0.25) is 0 Å². The zero-order chi connectivity index (χ0) is 27.0. The number of nitrogens with two attached hydrogens (primary N) is 1. The van der Waals surface area contributed by atoms with Gasteiger partial charge in [-0.05, 0) is 68.9 Å². The smallest absolute Gasteiger partial charge is 0.355 e. The lowest BCUT2D eigenvalue weighted by molar-refractivity contribution is 0.0691. The minimum Gasteiger partial charge on any atom is -0.491 e. The molecule has 38 heavy (non-hydrogen) atoms. The van der Waals surface area contributed by atoms with Crippen molar-refractivity contribution in [2.24, 2.45) is 11.1 Å². The molecule has 1 saturated carbocycles. The number of rotatable bonds is 10. The van der Waals surface area contributed by atoms with Crippen molar-refractivity contribution in [1.29, 1.82) is 0 Å². The van der Waals surface area contributed by atoms with Gasteiger partial charge < -0.3 is 9.84 Å². The SMILES string of the molecule is CC(C)Oc1cccc(-c2nn(-c3nc(C(=O)O)cs3)c(CC3CC3)c2Cc2ccc(S(N)(=O)=O)cc2)c1. The normalized spacial score (nSPS) is 13.7. The van der Waals surface area contributed by atoms with Gasteiger partial charge in [-0.25, -0.2) is 28.0 Å². The van der Waals surface area contributed by atoms with E-state index in [-0.39, 0.29) is 16.7 Å². The van der Waals surface area contributed by atoms with E-state index in [9.17, 15) is 18.3 Å². The first-order chi connectivity index (χ1) is 18.1. The average molecular weight is 553 g/mol. The van der Waals surface area contributed by atoms with Gasteiger partial charge in [0.2, 0.25) is 15.2 Å². The molecule has 1 fully saturated rings. The number of hydrogen-bond acceptors (Lipinski definition) is 7. The van der Waals surface area contributed by atoms with Crippen LogP contribution in [-0.2, 0) is 22.9 Å². The minimum absolute atomic E-state index is 0.00908. The number of aromatic carboxylic acids is 1. The van der Waals surface area contributed by atoms with Crippen LogP contribution < -0.4 is 9.88 Å². The summed E-state index contributed by atoms with van der Waals surface area (Å²) in [4.78, 5) is 15.9. The molecule has 5 rings (SSSR count). The van der Waals surface area contributed by atoms with Crippen LogP contribution in [0.1, 0.15) is 54.0 Å². The van der Waals surface area contributed by atoms with Crippen molar-refractivity contribution >= 4 is 27.3 Å². The molecule has 0 saturated heterocycles. The van der Waals surface area contributed by atoms with Gasteiger partial charge in [-0.1, -0.05) is 24.3 Å². The van der Waals surface area contributed by atoms with Crippen molar-refractivity contribution in [2.75, 3.05) is 0 Å². The Hall–Kier alpha value is -3.54. The highest BCUT2D eigenvalue weighted by Gasteiger charge is 2.29. The Bertz CT molecular complexity index is 1590. The largest absolute Gasteiger partial charge is 0.491 e. The molecule has 0 radical (unpaired) electrons. The third-order valence-electron chi connectivity index (χ3n) is 6.27. The molecule has 1 aliphatic rings. The molecule has 3 N–H and O–H groups in total. The third kappa shape index (κ3) is 5.79. The van der Waals surface area contributed by atoms with E-state index < -0.39 is 16.0 Å². The van der Waals surface area contributed by atoms with Gasteiger partial charge in [0.15, 0.2) is 5.69 Å². The predicted octanol–water partition coefficient (Wildman–Crippen LogP) is 4.67. The van der Waals surface area contributed by atoms with Crippen molar-refractivity contribution in [3.05, 3.63) is 76.4 Å². The number of primary sulfonamides is 1. The Morgan fingerprint density at radius 2 is 1.95 bits per heavy atom. The molecule has 0 atom stereocenters. The number of ether oxygens (including phenoxy) is 1. The van der Waals surface area contributed by atoms with Gasteiger partial charge in [0, 0.05) is 22.9 Å². The van der Waals surface area contributed by atoms with E-state index in [1.165, 1.54) is 28.8 Å². The molecule has 2 aromatic carbocycles. The summed E-state index contributed by atoms with van der Waals surface area (Å²) in [7, 11) is -3.80. The van der Waals surface area contributed by atoms with Gasteiger partial charge in [-0.15, -0.1) is 11.3 Å². The molecule has 0 unspecified atom stereocenters. The molecule has 0 amide bonds. The van der Waals surface area contributed by atoms with E-state index in [0.29, 0.717) is 17.5 Å². The van der Waals surface area contributed by atoms with Crippen LogP contribution in [0, 0.1) is 5.92 Å². The average Bonchev–Trinajstić information content (AvgIpc) is 3.41. The molecule has 0 spiro atoms. The van der Waals surface area contributed by atoms with E-state index in [2.05, 4.69) is 4.98 Å². The van der Waals surface area contributed by atoms with Crippen molar-refractivity contribution in [1.82, 2.24) is 14.8 Å². The number of benzene rings is 2. The van der Waals surface area contributed by atoms with Crippen LogP contribution in [0.15, 0.2) is 58.8 Å². The zero-order valence-electron chi connectivity index (χ0n) is 21.0. The summed E-state index contributed by atoms with van der Waals surface area (Å²) in [5.41, 5.74) is 4.44. The van der Waals surface area contributed by atoms with Gasteiger partial charge in [-0.2, -0.15) is 5.10 Å². The summed E-state index contributed by atoms with van der Waals surface area (Å²) in [5.74, 6) is 0.162. The lowest BCUT2D eigenvalue weighted by Gasteiger charge is -2.11. The van der Waals surface area contributed by atoms with Crippen molar-refractivity contribution in [3.8, 4) is 22.1 Å². The second-order valence-corrected chi connectivity index (χ2v) is 12.1. The van der Waals surface area contributed by atoms with Crippen LogP contribution in [0.2, 0.25) is 0 Å². The summed E-state index contributed by atoms with van der Waals surface area (Å²) in [5, 5.41) is 21.7. The van der Waals surface area contributed by atoms with Crippen molar-refractivity contribution in [3.63, 3.8) is 0 Å². The zero-order valence-corrected chi connectivity index (χ0v) is 22.6. The number of aromatic nitrogens is 3. The fourth-order valence-corrected chi connectivity index (χ4v) is 5.60. The molecule has 2 heterocycles. The second kappa shape index (κ2) is 10.3. The molecule has 4 aromatic rings. The number of carboxylic acid groups (broad SMARTS) is 1. The lowest BCUT2D eigenvalue weighted by Crippen LogP contribution is -2.12. The molecule has 9 nitrogen and oxygen atoms in total. The Morgan fingerprint density at radius 1 is 1.21 bits per heavy atom. The molecule has 0 bridgehead atoms. The van der Waals surface area contributed by atoms with E-state index in [1.807, 2.05) is 38.1 Å². The van der Waals surface area contributed by atoms with Crippen molar-refractivity contribution in [2.45, 2.75) is 50.5 Å². The monoisotopic (exact) mass is 552 g/mol. The van der Waals surface area contributed by atoms with Gasteiger partial charge in [0.1, 0.15) is 5.75 Å². The molecule has 0 aliphatic heterocycles. The molecule has 11 heteroatoms. The first kappa shape index (κ1) is 26.1. The third-order valence-corrected chi connectivity index (χ3v) is 8.02. The standard InChI is InChI=1S/C27H28N4O5S2/c1-16(2)36-20-5-3-4-19(14-20)25-22(12-17-8-10-21(11-9-17)38(28,34)35)24(13-18-6-7-18)31(30-25)27-29-23(15-37-27)26(32)33/h3-5,8-11,14-16,18H,6-7,12-13H2,1-2H3,(H,32,33)(H2,28,34,35). The summed E-state index contributed by atoms with van der Waals surface area (Å²) in [6.45, 7) is 3.93. The van der Waals surface area contributed by atoms with Crippen LogP contribution in [-0.4, -0.2) is 40.4 Å². The maximum Gasteiger partial charge on any atom is 0.355 e. The summed E-state index contributed by atoms with van der Waals surface area (Å²) >= 11 is 1.24. The van der Waals surface area contributed by atoms with Crippen LogP contribution in [0.3, 0.4) is 0 Å². The summed E-state index contributed by atoms with van der Waals surface area (Å²) < 4.78 is 31.2. The molecule has 2 aromatic heterocycles. The van der Waals surface area contributed by atoms with E-state index in [4.69, 9.17) is 15.0 Å². The molecular weight excluding hydrogens is 524 g/mol. The number of thiazole rings is 1. The minimum atomic E-state index is -3.80. The highest BCUT2D eigenvalue weighted by atomic mass is 32.2. The second-order valence-electron chi connectivity index (χ2n) is 9.71. The van der Waals surface area contributed by atoms with Crippen LogP contribution in [0.5, 0.6) is 5.75 Å². The Kier molecular flexibility index (Phi) is 7.08. The molecule has 1 aliphatic carbocycles. The maximum atomic E-state index is 11.7. The number of carboxylic acids is 1.